The number of hydrogen-bond donors (Lipinski definition) is 2. The van der Waals surface area contributed by atoms with Gasteiger partial charge in [-0.25, -0.2) is 8.78 Å². The number of nitrogens with one attached hydrogen (secondary N) is 2. The maximum Gasteiger partial charge on any atom is 0.234 e. The van der Waals surface area contributed by atoms with Crippen LogP contribution in [-0.4, -0.2) is 19.0 Å². The van der Waals surface area contributed by atoms with Crippen molar-refractivity contribution in [1.29, 1.82) is 0 Å². The highest BCUT2D eigenvalue weighted by Gasteiger charge is 2.17. The second kappa shape index (κ2) is 6.30. The molecule has 0 aliphatic heterocycles. The Hall–Kier alpha value is -1.49. The number of hydrogen-bond acceptors (Lipinski definition) is 2. The lowest BCUT2D eigenvalue weighted by molar-refractivity contribution is -0.120. The molecule has 17 heavy (non-hydrogen) atoms. The molecule has 0 aromatic heterocycles. The van der Waals surface area contributed by atoms with Crippen LogP contribution in [0.2, 0.25) is 0 Å². The summed E-state index contributed by atoms with van der Waals surface area (Å²) in [6.45, 7) is 4.21. The minimum atomic E-state index is -0.692. The van der Waals surface area contributed by atoms with Gasteiger partial charge in [0.15, 0.2) is 0 Å². The van der Waals surface area contributed by atoms with Crippen LogP contribution in [0, 0.1) is 11.6 Å². The fraction of sp³-hybridized carbons (Fsp3) is 0.417. The maximum atomic E-state index is 13.4. The molecule has 1 unspecified atom stereocenters. The summed E-state index contributed by atoms with van der Waals surface area (Å²) in [5.74, 6) is -1.59. The summed E-state index contributed by atoms with van der Waals surface area (Å²) in [7, 11) is 0. The summed E-state index contributed by atoms with van der Waals surface area (Å²) in [6.07, 6.45) is 0. The summed E-state index contributed by atoms with van der Waals surface area (Å²) < 4.78 is 26.8. The number of amides is 1. The molecule has 1 rings (SSSR count). The fourth-order valence-electron chi connectivity index (χ4n) is 1.53. The van der Waals surface area contributed by atoms with Crippen LogP contribution >= 0.6 is 0 Å². The zero-order chi connectivity index (χ0) is 12.8. The van der Waals surface area contributed by atoms with Crippen molar-refractivity contribution in [2.45, 2.75) is 19.9 Å². The Kier molecular flexibility index (Phi) is 5.03. The lowest BCUT2D eigenvalue weighted by Crippen LogP contribution is -2.35. The highest BCUT2D eigenvalue weighted by Crippen LogP contribution is 2.19. The first-order valence-corrected chi connectivity index (χ1v) is 5.50. The molecule has 1 amide bonds. The van der Waals surface area contributed by atoms with Gasteiger partial charge in [-0.3, -0.25) is 4.79 Å². The summed E-state index contributed by atoms with van der Waals surface area (Å²) in [5.41, 5.74) is -0.114. The van der Waals surface area contributed by atoms with Gasteiger partial charge >= 0.3 is 0 Å². The van der Waals surface area contributed by atoms with E-state index in [9.17, 15) is 13.6 Å². The van der Waals surface area contributed by atoms with Crippen LogP contribution in [-0.2, 0) is 4.79 Å². The van der Waals surface area contributed by atoms with Gasteiger partial charge in [-0.1, -0.05) is 13.0 Å². The average Bonchev–Trinajstić information content (AvgIpc) is 2.26. The second-order valence-electron chi connectivity index (χ2n) is 3.70. The highest BCUT2D eigenvalue weighted by atomic mass is 19.1. The molecule has 0 bridgehead atoms. The zero-order valence-electron chi connectivity index (χ0n) is 9.89. The van der Waals surface area contributed by atoms with Crippen molar-refractivity contribution in [2.24, 2.45) is 0 Å². The van der Waals surface area contributed by atoms with E-state index in [0.717, 1.165) is 0 Å². The van der Waals surface area contributed by atoms with E-state index < -0.39 is 17.7 Å². The standard InChI is InChI=1S/C12H16F2N2O/c1-3-15-7-11(17)16-8(2)12-9(13)5-4-6-10(12)14/h4-6,8,15H,3,7H2,1-2H3,(H,16,17). The Labute approximate surface area is 99.2 Å². The fourth-order valence-corrected chi connectivity index (χ4v) is 1.53. The molecule has 0 saturated carbocycles. The third kappa shape index (κ3) is 3.78. The second-order valence-corrected chi connectivity index (χ2v) is 3.70. The molecule has 0 aliphatic carbocycles. The molecule has 0 spiro atoms. The molecular formula is C12H16F2N2O. The Morgan fingerprint density at radius 2 is 1.94 bits per heavy atom. The van der Waals surface area contributed by atoms with Crippen LogP contribution in [0.1, 0.15) is 25.5 Å². The molecule has 0 heterocycles. The van der Waals surface area contributed by atoms with Gasteiger partial charge in [-0.2, -0.15) is 0 Å². The lowest BCUT2D eigenvalue weighted by Gasteiger charge is -2.15. The van der Waals surface area contributed by atoms with E-state index in [1.165, 1.54) is 18.2 Å². The van der Waals surface area contributed by atoms with Crippen molar-refractivity contribution in [2.75, 3.05) is 13.1 Å². The van der Waals surface area contributed by atoms with Crippen molar-refractivity contribution < 1.29 is 13.6 Å². The van der Waals surface area contributed by atoms with Crippen LogP contribution in [0.15, 0.2) is 18.2 Å². The van der Waals surface area contributed by atoms with Gasteiger partial charge in [0, 0.05) is 5.56 Å². The molecule has 0 saturated heterocycles. The first-order chi connectivity index (χ1) is 8.06. The van der Waals surface area contributed by atoms with Gasteiger partial charge in [0.1, 0.15) is 11.6 Å². The molecule has 0 fully saturated rings. The van der Waals surface area contributed by atoms with E-state index in [1.807, 2.05) is 6.92 Å². The molecule has 2 N–H and O–H groups in total. The number of halogens is 2. The molecule has 1 aromatic carbocycles. The molecule has 1 atom stereocenters. The molecule has 1 aromatic rings. The van der Waals surface area contributed by atoms with E-state index in [0.29, 0.717) is 6.54 Å². The Morgan fingerprint density at radius 3 is 2.47 bits per heavy atom. The number of rotatable bonds is 5. The maximum absolute atomic E-state index is 13.4. The van der Waals surface area contributed by atoms with Crippen molar-refractivity contribution in [3.63, 3.8) is 0 Å². The van der Waals surface area contributed by atoms with Crippen LogP contribution in [0.5, 0.6) is 0 Å². The lowest BCUT2D eigenvalue weighted by atomic mass is 10.1. The predicted octanol–water partition coefficient (Wildman–Crippen LogP) is 1.75. The van der Waals surface area contributed by atoms with E-state index in [4.69, 9.17) is 0 Å². The normalized spacial score (nSPS) is 12.2. The summed E-state index contributed by atoms with van der Waals surface area (Å²) in [6, 6.07) is 2.94. The number of benzene rings is 1. The van der Waals surface area contributed by atoms with Crippen molar-refractivity contribution in [3.8, 4) is 0 Å². The van der Waals surface area contributed by atoms with Crippen LogP contribution in [0.4, 0.5) is 8.78 Å². The summed E-state index contributed by atoms with van der Waals surface area (Å²) in [5, 5.41) is 5.37. The summed E-state index contributed by atoms with van der Waals surface area (Å²) in [4.78, 5) is 11.4. The molecule has 94 valence electrons. The van der Waals surface area contributed by atoms with Crippen LogP contribution in [0.25, 0.3) is 0 Å². The van der Waals surface area contributed by atoms with E-state index in [2.05, 4.69) is 10.6 Å². The first kappa shape index (κ1) is 13.6. The molecule has 0 radical (unpaired) electrons. The zero-order valence-corrected chi connectivity index (χ0v) is 9.89. The van der Waals surface area contributed by atoms with Gasteiger partial charge in [-0.05, 0) is 25.6 Å². The Balaban J connectivity index is 2.69. The van der Waals surface area contributed by atoms with Gasteiger partial charge in [0.05, 0.1) is 12.6 Å². The Bertz CT molecular complexity index is 376. The minimum absolute atomic E-state index is 0.114. The topological polar surface area (TPSA) is 41.1 Å². The van der Waals surface area contributed by atoms with Crippen molar-refractivity contribution in [3.05, 3.63) is 35.4 Å². The van der Waals surface area contributed by atoms with Crippen molar-refractivity contribution in [1.82, 2.24) is 10.6 Å². The quantitative estimate of drug-likeness (QED) is 0.826. The van der Waals surface area contributed by atoms with Crippen LogP contribution < -0.4 is 10.6 Å². The monoisotopic (exact) mass is 242 g/mol. The van der Waals surface area contributed by atoms with Gasteiger partial charge in [-0.15, -0.1) is 0 Å². The van der Waals surface area contributed by atoms with E-state index >= 15 is 0 Å². The van der Waals surface area contributed by atoms with Crippen molar-refractivity contribution >= 4 is 5.91 Å². The molecule has 3 nitrogen and oxygen atoms in total. The molecule has 5 heteroatoms. The first-order valence-electron chi connectivity index (χ1n) is 5.50. The predicted molar refractivity (Wildman–Crippen MR) is 61.5 cm³/mol. The van der Waals surface area contributed by atoms with E-state index in [-0.39, 0.29) is 18.0 Å². The van der Waals surface area contributed by atoms with Gasteiger partial charge < -0.3 is 10.6 Å². The highest BCUT2D eigenvalue weighted by molar-refractivity contribution is 5.78. The summed E-state index contributed by atoms with van der Waals surface area (Å²) >= 11 is 0. The minimum Gasteiger partial charge on any atom is -0.348 e. The number of carbonyl (C=O) groups excluding carboxylic acids is 1. The third-order valence-corrected chi connectivity index (χ3v) is 2.35. The number of carbonyl (C=O) groups is 1. The molecule has 0 aliphatic rings. The smallest absolute Gasteiger partial charge is 0.234 e. The average molecular weight is 242 g/mol. The van der Waals surface area contributed by atoms with Gasteiger partial charge in [0.2, 0.25) is 5.91 Å². The molecular weight excluding hydrogens is 226 g/mol. The van der Waals surface area contributed by atoms with E-state index in [1.54, 1.807) is 6.92 Å². The largest absolute Gasteiger partial charge is 0.348 e. The van der Waals surface area contributed by atoms with Gasteiger partial charge in [0.25, 0.3) is 0 Å². The number of likely N-dealkylation sites (N-methyl/N-ethyl adjacent to an activating group) is 1. The third-order valence-electron chi connectivity index (χ3n) is 2.35. The Morgan fingerprint density at radius 1 is 1.35 bits per heavy atom. The van der Waals surface area contributed by atoms with Crippen LogP contribution in [0.3, 0.4) is 0 Å². The SMILES string of the molecule is CCNCC(=O)NC(C)c1c(F)cccc1F.